The number of likely N-dealkylation sites (tertiary alicyclic amines) is 1. The second-order valence-electron chi connectivity index (χ2n) is 8.94. The molecule has 0 unspecified atom stereocenters. The first kappa shape index (κ1) is 21.6. The molecule has 0 bridgehead atoms. The fourth-order valence-corrected chi connectivity index (χ4v) is 4.44. The van der Waals surface area contributed by atoms with Crippen LogP contribution in [0.15, 0.2) is 22.8 Å². The highest BCUT2D eigenvalue weighted by molar-refractivity contribution is 9.10. The molecule has 1 aromatic carbocycles. The number of ether oxygens (including phenoxy) is 1. The highest BCUT2D eigenvalue weighted by Gasteiger charge is 2.37. The molecule has 0 aliphatic carbocycles. The van der Waals surface area contributed by atoms with Crippen LogP contribution in [0.25, 0.3) is 5.69 Å². The smallest absolute Gasteiger partial charge is 0.410 e. The zero-order chi connectivity index (χ0) is 21.6. The number of carbonyl (C=O) groups is 1. The third-order valence-corrected chi connectivity index (χ3v) is 6.01. The fourth-order valence-electron chi connectivity index (χ4n) is 3.74. The average Bonchev–Trinajstić information content (AvgIpc) is 2.95. The maximum Gasteiger partial charge on any atom is 0.410 e. The quantitative estimate of drug-likeness (QED) is 0.678. The van der Waals surface area contributed by atoms with Gasteiger partial charge in [0.1, 0.15) is 17.2 Å². The van der Waals surface area contributed by atoms with Gasteiger partial charge in [-0.05, 0) is 74.2 Å². The van der Waals surface area contributed by atoms with Crippen molar-refractivity contribution in [2.75, 3.05) is 18.8 Å². The molecule has 1 saturated heterocycles. The van der Waals surface area contributed by atoms with Crippen LogP contribution in [-0.4, -0.2) is 39.5 Å². The minimum absolute atomic E-state index is 0.207. The topological polar surface area (TPSA) is 73.4 Å². The average molecular weight is 467 g/mol. The predicted molar refractivity (Wildman–Crippen MR) is 115 cm³/mol. The van der Waals surface area contributed by atoms with E-state index in [9.17, 15) is 9.18 Å². The van der Waals surface area contributed by atoms with Gasteiger partial charge in [0.05, 0.1) is 11.9 Å². The first-order valence-electron chi connectivity index (χ1n) is 9.69. The van der Waals surface area contributed by atoms with E-state index in [4.69, 9.17) is 10.5 Å². The Kier molecular flexibility index (Phi) is 5.69. The summed E-state index contributed by atoms with van der Waals surface area (Å²) in [5.74, 6) is 0.221. The van der Waals surface area contributed by atoms with E-state index in [1.165, 1.54) is 12.1 Å². The van der Waals surface area contributed by atoms with Crippen molar-refractivity contribution in [2.24, 2.45) is 0 Å². The molecule has 158 valence electrons. The Balaban J connectivity index is 1.82. The molecule has 1 aliphatic rings. The molecule has 3 rings (SSSR count). The Morgan fingerprint density at radius 2 is 1.93 bits per heavy atom. The van der Waals surface area contributed by atoms with Crippen molar-refractivity contribution in [3.8, 4) is 5.69 Å². The van der Waals surface area contributed by atoms with E-state index in [-0.39, 0.29) is 17.3 Å². The van der Waals surface area contributed by atoms with Gasteiger partial charge in [-0.15, -0.1) is 0 Å². The molecule has 0 atom stereocenters. The van der Waals surface area contributed by atoms with Gasteiger partial charge in [-0.3, -0.25) is 0 Å². The first-order chi connectivity index (χ1) is 13.4. The number of nitrogens with two attached hydrogens (primary N) is 1. The first-order valence-corrected chi connectivity index (χ1v) is 10.5. The van der Waals surface area contributed by atoms with Crippen molar-refractivity contribution in [1.82, 2.24) is 14.7 Å². The molecule has 0 radical (unpaired) electrons. The number of nitrogen functional groups attached to an aromatic ring is 1. The molecule has 8 heteroatoms. The summed E-state index contributed by atoms with van der Waals surface area (Å²) in [5.41, 5.74) is 8.18. The lowest BCUT2D eigenvalue weighted by Gasteiger charge is -2.39. The number of amides is 1. The lowest BCUT2D eigenvalue weighted by Crippen LogP contribution is -2.45. The number of aromatic nitrogens is 2. The van der Waals surface area contributed by atoms with E-state index < -0.39 is 5.60 Å². The summed E-state index contributed by atoms with van der Waals surface area (Å²) in [6.07, 6.45) is 3.01. The maximum absolute atomic E-state index is 13.7. The molecule has 6 nitrogen and oxygen atoms in total. The van der Waals surface area contributed by atoms with Crippen LogP contribution in [0.4, 0.5) is 15.0 Å². The van der Waals surface area contributed by atoms with E-state index in [0.29, 0.717) is 23.4 Å². The molecule has 1 fully saturated rings. The summed E-state index contributed by atoms with van der Waals surface area (Å²) in [4.78, 5) is 14.1. The monoisotopic (exact) mass is 466 g/mol. The minimum Gasteiger partial charge on any atom is -0.444 e. The van der Waals surface area contributed by atoms with Crippen molar-refractivity contribution in [2.45, 2.75) is 58.5 Å². The lowest BCUT2D eigenvalue weighted by molar-refractivity contribution is 0.0172. The SMILES string of the molecule is Cc1cc(F)cc(Br)c1-n1ncc(C2(C)CCN(C(=O)OC(C)(C)C)CC2)c1N. The molecule has 1 aromatic heterocycles. The zero-order valence-electron chi connectivity index (χ0n) is 17.6. The Morgan fingerprint density at radius 3 is 2.48 bits per heavy atom. The van der Waals surface area contributed by atoms with Crippen molar-refractivity contribution in [3.05, 3.63) is 39.7 Å². The van der Waals surface area contributed by atoms with Crippen molar-refractivity contribution < 1.29 is 13.9 Å². The van der Waals surface area contributed by atoms with Gasteiger partial charge in [-0.2, -0.15) is 5.10 Å². The van der Waals surface area contributed by atoms with E-state index in [1.54, 1.807) is 15.8 Å². The highest BCUT2D eigenvalue weighted by Crippen LogP contribution is 2.40. The summed E-state index contributed by atoms with van der Waals surface area (Å²) >= 11 is 3.42. The van der Waals surface area contributed by atoms with Gasteiger partial charge in [0, 0.05) is 28.5 Å². The van der Waals surface area contributed by atoms with Gasteiger partial charge >= 0.3 is 6.09 Å². The van der Waals surface area contributed by atoms with Gasteiger partial charge in [0.25, 0.3) is 0 Å². The molecule has 29 heavy (non-hydrogen) atoms. The van der Waals surface area contributed by atoms with Crippen LogP contribution in [-0.2, 0) is 10.2 Å². The summed E-state index contributed by atoms with van der Waals surface area (Å²) in [6, 6.07) is 2.87. The van der Waals surface area contributed by atoms with Crippen LogP contribution < -0.4 is 5.73 Å². The Labute approximate surface area is 179 Å². The lowest BCUT2D eigenvalue weighted by atomic mass is 9.75. The number of halogens is 2. The van der Waals surface area contributed by atoms with E-state index in [2.05, 4.69) is 28.0 Å². The van der Waals surface area contributed by atoms with Crippen LogP contribution in [0, 0.1) is 12.7 Å². The third-order valence-electron chi connectivity index (χ3n) is 5.41. The molecule has 1 aliphatic heterocycles. The summed E-state index contributed by atoms with van der Waals surface area (Å²) in [5, 5.41) is 4.49. The standard InChI is InChI=1S/C21H28BrFN4O2/c1-13-10-14(23)11-16(22)17(13)27-18(24)15(12-25-27)21(5)6-8-26(9-7-21)19(28)29-20(2,3)4/h10-12H,6-9,24H2,1-5H3. The third kappa shape index (κ3) is 4.42. The van der Waals surface area contributed by atoms with E-state index in [0.717, 1.165) is 29.7 Å². The molecule has 2 aromatic rings. The van der Waals surface area contributed by atoms with Crippen molar-refractivity contribution >= 4 is 27.8 Å². The van der Waals surface area contributed by atoms with E-state index >= 15 is 0 Å². The molecular formula is C21H28BrFN4O2. The number of nitrogens with zero attached hydrogens (tertiary/aromatic N) is 3. The van der Waals surface area contributed by atoms with Crippen molar-refractivity contribution in [1.29, 1.82) is 0 Å². The van der Waals surface area contributed by atoms with Crippen LogP contribution in [0.1, 0.15) is 51.7 Å². The Hall–Kier alpha value is -2.09. The number of aryl methyl sites for hydroxylation is 1. The fraction of sp³-hybridized carbons (Fsp3) is 0.524. The molecule has 0 saturated carbocycles. The van der Waals surface area contributed by atoms with Gasteiger partial charge in [-0.25, -0.2) is 13.9 Å². The zero-order valence-corrected chi connectivity index (χ0v) is 19.1. The molecule has 2 heterocycles. The molecule has 0 spiro atoms. The van der Waals surface area contributed by atoms with Gasteiger partial charge < -0.3 is 15.4 Å². The van der Waals surface area contributed by atoms with Crippen LogP contribution in [0.3, 0.4) is 0 Å². The van der Waals surface area contributed by atoms with Gasteiger partial charge in [-0.1, -0.05) is 6.92 Å². The number of carbonyl (C=O) groups excluding carboxylic acids is 1. The molecule has 1 amide bonds. The number of piperidine rings is 1. The normalized spacial score (nSPS) is 16.7. The number of anilines is 1. The largest absolute Gasteiger partial charge is 0.444 e. The second kappa shape index (κ2) is 7.63. The Morgan fingerprint density at radius 1 is 1.31 bits per heavy atom. The maximum atomic E-state index is 13.7. The number of hydrogen-bond acceptors (Lipinski definition) is 4. The summed E-state index contributed by atoms with van der Waals surface area (Å²) in [7, 11) is 0. The highest BCUT2D eigenvalue weighted by atomic mass is 79.9. The number of rotatable bonds is 2. The minimum atomic E-state index is -0.510. The van der Waals surface area contributed by atoms with Crippen LogP contribution in [0.2, 0.25) is 0 Å². The number of hydrogen-bond donors (Lipinski definition) is 1. The Bertz CT molecular complexity index is 904. The summed E-state index contributed by atoms with van der Waals surface area (Å²) < 4.78 is 21.4. The van der Waals surface area contributed by atoms with Crippen LogP contribution in [0.5, 0.6) is 0 Å². The van der Waals surface area contributed by atoms with Crippen LogP contribution >= 0.6 is 15.9 Å². The van der Waals surface area contributed by atoms with Crippen molar-refractivity contribution in [3.63, 3.8) is 0 Å². The van der Waals surface area contributed by atoms with E-state index in [1.807, 2.05) is 27.7 Å². The summed E-state index contributed by atoms with van der Waals surface area (Å²) in [6.45, 7) is 10.7. The van der Waals surface area contributed by atoms with Gasteiger partial charge in [0.15, 0.2) is 0 Å². The molecule has 2 N–H and O–H groups in total. The molecular weight excluding hydrogens is 439 g/mol. The predicted octanol–water partition coefficient (Wildman–Crippen LogP) is 4.95. The van der Waals surface area contributed by atoms with Gasteiger partial charge in [0.2, 0.25) is 0 Å². The second-order valence-corrected chi connectivity index (χ2v) is 9.79. The number of benzene rings is 1.